The van der Waals surface area contributed by atoms with Crippen LogP contribution in [0.5, 0.6) is 0 Å². The van der Waals surface area contributed by atoms with Gasteiger partial charge in [-0.3, -0.25) is 0 Å². The third-order valence-corrected chi connectivity index (χ3v) is 4.59. The minimum Gasteiger partial charge on any atom is -0.316 e. The molecule has 3 rings (SSSR count). The van der Waals surface area contributed by atoms with Gasteiger partial charge >= 0.3 is 0 Å². The van der Waals surface area contributed by atoms with E-state index in [-0.39, 0.29) is 0 Å². The Morgan fingerprint density at radius 1 is 1.14 bits per heavy atom. The monoisotopic (exact) mass is 194 g/mol. The normalized spacial score (nSPS) is 50.8. The van der Waals surface area contributed by atoms with Gasteiger partial charge in [0.15, 0.2) is 0 Å². The third kappa shape index (κ3) is 1.70. The summed E-state index contributed by atoms with van der Waals surface area (Å²) >= 11 is 0. The highest BCUT2D eigenvalue weighted by Crippen LogP contribution is 2.51. The van der Waals surface area contributed by atoms with Crippen LogP contribution in [0.1, 0.15) is 26.2 Å². The molecule has 1 aliphatic heterocycles. The molecule has 3 aliphatic rings. The van der Waals surface area contributed by atoms with Crippen molar-refractivity contribution in [3.8, 4) is 0 Å². The van der Waals surface area contributed by atoms with E-state index in [1.54, 1.807) is 6.42 Å². The summed E-state index contributed by atoms with van der Waals surface area (Å²) in [4.78, 5) is 0. The first-order valence-electron chi connectivity index (χ1n) is 6.27. The highest BCUT2D eigenvalue weighted by Gasteiger charge is 2.45. The van der Waals surface area contributed by atoms with Gasteiger partial charge in [0, 0.05) is 6.04 Å². The summed E-state index contributed by atoms with van der Waals surface area (Å²) in [6, 6.07) is 0.867. The molecule has 2 saturated carbocycles. The van der Waals surface area contributed by atoms with Crippen LogP contribution in [-0.2, 0) is 0 Å². The summed E-state index contributed by atoms with van der Waals surface area (Å²) in [7, 11) is 0. The van der Waals surface area contributed by atoms with Crippen LogP contribution in [0.25, 0.3) is 0 Å². The molecule has 0 radical (unpaired) electrons. The molecule has 0 amide bonds. The van der Waals surface area contributed by atoms with Crippen LogP contribution in [0.15, 0.2) is 0 Å². The Morgan fingerprint density at radius 2 is 1.93 bits per heavy atom. The van der Waals surface area contributed by atoms with E-state index in [1.165, 1.54) is 32.5 Å². The molecule has 0 spiro atoms. The molecule has 3 fully saturated rings. The summed E-state index contributed by atoms with van der Waals surface area (Å²) < 4.78 is 0. The minimum atomic E-state index is 0.867. The summed E-state index contributed by atoms with van der Waals surface area (Å²) in [5, 5.41) is 7.25. The minimum absolute atomic E-state index is 0.867. The molecule has 2 aliphatic carbocycles. The van der Waals surface area contributed by atoms with Crippen molar-refractivity contribution in [1.29, 1.82) is 0 Å². The van der Waals surface area contributed by atoms with E-state index in [1.807, 2.05) is 0 Å². The zero-order valence-electron chi connectivity index (χ0n) is 9.13. The maximum absolute atomic E-state index is 3.77. The SMILES string of the molecule is C[C@@H]1CNC[C@H]1CNC1CC2CC2C1. The summed E-state index contributed by atoms with van der Waals surface area (Å²) in [5.74, 6) is 3.99. The Morgan fingerprint density at radius 3 is 2.57 bits per heavy atom. The molecule has 0 aromatic rings. The Bertz CT molecular complexity index is 206. The second-order valence-electron chi connectivity index (χ2n) is 5.73. The molecule has 80 valence electrons. The molecular weight excluding hydrogens is 172 g/mol. The number of hydrogen-bond acceptors (Lipinski definition) is 2. The van der Waals surface area contributed by atoms with E-state index in [9.17, 15) is 0 Å². The molecule has 2 heteroatoms. The van der Waals surface area contributed by atoms with Gasteiger partial charge in [0.1, 0.15) is 0 Å². The van der Waals surface area contributed by atoms with Gasteiger partial charge in [0.2, 0.25) is 0 Å². The van der Waals surface area contributed by atoms with Crippen molar-refractivity contribution in [2.24, 2.45) is 23.7 Å². The van der Waals surface area contributed by atoms with Crippen molar-refractivity contribution in [2.75, 3.05) is 19.6 Å². The first-order valence-corrected chi connectivity index (χ1v) is 6.27. The van der Waals surface area contributed by atoms with Crippen molar-refractivity contribution in [3.05, 3.63) is 0 Å². The van der Waals surface area contributed by atoms with Gasteiger partial charge in [-0.1, -0.05) is 6.92 Å². The fourth-order valence-corrected chi connectivity index (χ4v) is 3.34. The Balaban J connectivity index is 1.41. The lowest BCUT2D eigenvalue weighted by molar-refractivity contribution is 0.378. The van der Waals surface area contributed by atoms with Crippen LogP contribution in [0.2, 0.25) is 0 Å². The van der Waals surface area contributed by atoms with E-state index in [0.717, 1.165) is 29.7 Å². The highest BCUT2D eigenvalue weighted by molar-refractivity contribution is 4.99. The number of fused-ring (bicyclic) bond motifs is 1. The summed E-state index contributed by atoms with van der Waals surface area (Å²) in [6.07, 6.45) is 4.48. The summed E-state index contributed by atoms with van der Waals surface area (Å²) in [5.41, 5.74) is 0. The average molecular weight is 194 g/mol. The van der Waals surface area contributed by atoms with Gasteiger partial charge in [0.05, 0.1) is 0 Å². The van der Waals surface area contributed by atoms with Gasteiger partial charge in [-0.15, -0.1) is 0 Å². The van der Waals surface area contributed by atoms with Crippen molar-refractivity contribution >= 4 is 0 Å². The maximum Gasteiger partial charge on any atom is 0.00726 e. The number of hydrogen-bond donors (Lipinski definition) is 2. The van der Waals surface area contributed by atoms with Gasteiger partial charge in [0.25, 0.3) is 0 Å². The molecule has 2 N–H and O–H groups in total. The van der Waals surface area contributed by atoms with E-state index in [0.29, 0.717) is 0 Å². The quantitative estimate of drug-likeness (QED) is 0.706. The molecule has 0 bridgehead atoms. The van der Waals surface area contributed by atoms with Gasteiger partial charge < -0.3 is 10.6 Å². The standard InChI is InChI=1S/C12H22N2/c1-8-5-13-6-11(8)7-14-12-3-9-2-10(9)4-12/h8-14H,2-7H2,1H3/t8-,9?,10?,11+,12?/m1/s1. The largest absolute Gasteiger partial charge is 0.316 e. The zero-order chi connectivity index (χ0) is 9.54. The van der Waals surface area contributed by atoms with Crippen LogP contribution in [0.3, 0.4) is 0 Å². The van der Waals surface area contributed by atoms with E-state index in [2.05, 4.69) is 17.6 Å². The molecule has 2 nitrogen and oxygen atoms in total. The number of rotatable bonds is 3. The zero-order valence-corrected chi connectivity index (χ0v) is 9.13. The van der Waals surface area contributed by atoms with Crippen molar-refractivity contribution in [3.63, 3.8) is 0 Å². The fourth-order valence-electron chi connectivity index (χ4n) is 3.34. The van der Waals surface area contributed by atoms with Gasteiger partial charge in [-0.25, -0.2) is 0 Å². The first-order chi connectivity index (χ1) is 6.83. The fraction of sp³-hybridized carbons (Fsp3) is 1.00. The molecule has 0 aromatic heterocycles. The molecule has 2 unspecified atom stereocenters. The Kier molecular flexibility index (Phi) is 2.29. The Labute approximate surface area is 86.8 Å². The Hall–Kier alpha value is -0.0800. The van der Waals surface area contributed by atoms with E-state index in [4.69, 9.17) is 0 Å². The van der Waals surface area contributed by atoms with Gasteiger partial charge in [-0.05, 0) is 62.6 Å². The molecule has 1 saturated heterocycles. The molecule has 4 atom stereocenters. The predicted octanol–water partition coefficient (Wildman–Crippen LogP) is 1.23. The van der Waals surface area contributed by atoms with Crippen molar-refractivity contribution in [1.82, 2.24) is 10.6 Å². The molecule has 1 heterocycles. The van der Waals surface area contributed by atoms with E-state index >= 15 is 0 Å². The lowest BCUT2D eigenvalue weighted by Gasteiger charge is -2.19. The molecule has 0 aromatic carbocycles. The predicted molar refractivity (Wildman–Crippen MR) is 58.1 cm³/mol. The maximum atomic E-state index is 3.77. The highest BCUT2D eigenvalue weighted by atomic mass is 15.0. The van der Waals surface area contributed by atoms with Crippen LogP contribution in [-0.4, -0.2) is 25.7 Å². The van der Waals surface area contributed by atoms with E-state index < -0.39 is 0 Å². The third-order valence-electron chi connectivity index (χ3n) is 4.59. The van der Waals surface area contributed by atoms with Crippen LogP contribution < -0.4 is 10.6 Å². The van der Waals surface area contributed by atoms with Crippen LogP contribution in [0.4, 0.5) is 0 Å². The van der Waals surface area contributed by atoms with Gasteiger partial charge in [-0.2, -0.15) is 0 Å². The van der Waals surface area contributed by atoms with Crippen molar-refractivity contribution < 1.29 is 0 Å². The molecular formula is C12H22N2. The number of nitrogens with one attached hydrogen (secondary N) is 2. The second kappa shape index (κ2) is 3.49. The lowest BCUT2D eigenvalue weighted by atomic mass is 9.97. The first kappa shape index (κ1) is 9.17. The lowest BCUT2D eigenvalue weighted by Crippen LogP contribution is -2.34. The smallest absolute Gasteiger partial charge is 0.00726 e. The second-order valence-corrected chi connectivity index (χ2v) is 5.73. The molecule has 14 heavy (non-hydrogen) atoms. The van der Waals surface area contributed by atoms with Crippen LogP contribution in [0, 0.1) is 23.7 Å². The topological polar surface area (TPSA) is 24.1 Å². The summed E-state index contributed by atoms with van der Waals surface area (Å²) in [6.45, 7) is 6.08. The van der Waals surface area contributed by atoms with Crippen LogP contribution >= 0.6 is 0 Å². The van der Waals surface area contributed by atoms with Crippen molar-refractivity contribution in [2.45, 2.75) is 32.2 Å². The average Bonchev–Trinajstić information content (AvgIpc) is 2.61.